The zero-order valence-electron chi connectivity index (χ0n) is 13.7. The lowest BCUT2D eigenvalue weighted by molar-refractivity contribution is 0.0249. The molecule has 0 rings (SSSR count). The molecule has 0 aliphatic carbocycles. The highest BCUT2D eigenvalue weighted by Gasteiger charge is 2.21. The van der Waals surface area contributed by atoms with Gasteiger partial charge < -0.3 is 19.7 Å². The van der Waals surface area contributed by atoms with Crippen LogP contribution < -0.4 is 5.32 Å². The van der Waals surface area contributed by atoms with Gasteiger partial charge in [-0.3, -0.25) is 0 Å². The van der Waals surface area contributed by atoms with Crippen LogP contribution in [0.4, 0.5) is 9.59 Å². The van der Waals surface area contributed by atoms with Crippen LogP contribution in [0.25, 0.3) is 10.4 Å². The number of ether oxygens (including phenoxy) is 2. The van der Waals surface area contributed by atoms with Crippen molar-refractivity contribution >= 4 is 12.2 Å². The first kappa shape index (κ1) is 19.9. The van der Waals surface area contributed by atoms with Crippen molar-refractivity contribution < 1.29 is 19.1 Å². The summed E-state index contributed by atoms with van der Waals surface area (Å²) in [6.45, 7) is 8.53. The summed E-state index contributed by atoms with van der Waals surface area (Å²) in [6.07, 6.45) is -0.484. The molecule has 2 amide bonds. The predicted octanol–water partition coefficient (Wildman–Crippen LogP) is 2.67. The Kier molecular flexibility index (Phi) is 9.53. The van der Waals surface area contributed by atoms with Gasteiger partial charge in [-0.05, 0) is 39.6 Å². The van der Waals surface area contributed by atoms with Gasteiger partial charge in [0.05, 0.1) is 6.61 Å². The van der Waals surface area contributed by atoms with Crippen LogP contribution in [-0.4, -0.2) is 55.5 Å². The van der Waals surface area contributed by atoms with Gasteiger partial charge in [-0.25, -0.2) is 9.59 Å². The van der Waals surface area contributed by atoms with Crippen LogP contribution in [0.15, 0.2) is 5.11 Å². The highest BCUT2D eigenvalue weighted by Crippen LogP contribution is 2.10. The normalized spacial score (nSPS) is 10.4. The van der Waals surface area contributed by atoms with E-state index in [-0.39, 0.29) is 19.7 Å². The van der Waals surface area contributed by atoms with Gasteiger partial charge in [-0.1, -0.05) is 5.11 Å². The summed E-state index contributed by atoms with van der Waals surface area (Å²) < 4.78 is 10.0. The van der Waals surface area contributed by atoms with E-state index in [1.54, 1.807) is 27.7 Å². The average Bonchev–Trinajstić information content (AvgIpc) is 2.39. The molecule has 0 bridgehead atoms. The second kappa shape index (κ2) is 10.6. The molecule has 0 aromatic carbocycles. The van der Waals surface area contributed by atoms with E-state index in [4.69, 9.17) is 15.0 Å². The number of nitrogens with one attached hydrogen (secondary N) is 1. The second-order valence-electron chi connectivity index (χ2n) is 5.42. The molecule has 0 heterocycles. The Morgan fingerprint density at radius 2 is 2.00 bits per heavy atom. The SMILES string of the molecule is CCOC(=O)NCCN(CCCN=[N+]=[N-])C(=O)OC(C)(C)C. The lowest BCUT2D eigenvalue weighted by Gasteiger charge is -2.27. The van der Waals surface area contributed by atoms with Crippen LogP contribution in [-0.2, 0) is 9.47 Å². The van der Waals surface area contributed by atoms with Crippen LogP contribution in [0.1, 0.15) is 34.1 Å². The number of alkyl carbamates (subject to hydrolysis) is 1. The molecule has 126 valence electrons. The quantitative estimate of drug-likeness (QED) is 0.320. The fourth-order valence-corrected chi connectivity index (χ4v) is 1.47. The molecule has 1 N–H and O–H groups in total. The third-order valence-electron chi connectivity index (χ3n) is 2.33. The van der Waals surface area contributed by atoms with Crippen molar-refractivity contribution in [3.63, 3.8) is 0 Å². The molecule has 0 aromatic rings. The Morgan fingerprint density at radius 3 is 2.55 bits per heavy atom. The summed E-state index contributed by atoms with van der Waals surface area (Å²) in [6, 6.07) is 0. The molecular weight excluding hydrogens is 290 g/mol. The molecule has 22 heavy (non-hydrogen) atoms. The van der Waals surface area contributed by atoms with Gasteiger partial charge >= 0.3 is 12.2 Å². The molecule has 0 aliphatic heterocycles. The zero-order chi connectivity index (χ0) is 17.0. The molecule has 0 atom stereocenters. The van der Waals surface area contributed by atoms with Crippen molar-refractivity contribution in [1.29, 1.82) is 0 Å². The minimum Gasteiger partial charge on any atom is -0.450 e. The lowest BCUT2D eigenvalue weighted by atomic mass is 10.2. The van der Waals surface area contributed by atoms with E-state index in [0.29, 0.717) is 19.5 Å². The van der Waals surface area contributed by atoms with Crippen LogP contribution >= 0.6 is 0 Å². The molecule has 0 saturated carbocycles. The third kappa shape index (κ3) is 10.6. The number of hydrogen-bond acceptors (Lipinski definition) is 5. The largest absolute Gasteiger partial charge is 0.450 e. The smallest absolute Gasteiger partial charge is 0.410 e. The molecule has 0 aliphatic rings. The fraction of sp³-hybridized carbons (Fsp3) is 0.846. The highest BCUT2D eigenvalue weighted by molar-refractivity contribution is 5.69. The molecule has 0 spiro atoms. The van der Waals surface area contributed by atoms with Crippen molar-refractivity contribution in [2.45, 2.75) is 39.7 Å². The minimum atomic E-state index is -0.602. The van der Waals surface area contributed by atoms with Crippen LogP contribution in [0.2, 0.25) is 0 Å². The van der Waals surface area contributed by atoms with Crippen molar-refractivity contribution in [3.05, 3.63) is 10.4 Å². The van der Waals surface area contributed by atoms with E-state index >= 15 is 0 Å². The van der Waals surface area contributed by atoms with Crippen molar-refractivity contribution in [3.8, 4) is 0 Å². The van der Waals surface area contributed by atoms with Gasteiger partial charge in [0.2, 0.25) is 0 Å². The molecule has 0 saturated heterocycles. The Bertz CT molecular complexity index is 402. The van der Waals surface area contributed by atoms with E-state index in [0.717, 1.165) is 0 Å². The van der Waals surface area contributed by atoms with E-state index in [9.17, 15) is 9.59 Å². The number of hydrogen-bond donors (Lipinski definition) is 1. The molecule has 9 heteroatoms. The molecule has 0 unspecified atom stereocenters. The zero-order valence-corrected chi connectivity index (χ0v) is 13.7. The molecule has 0 fully saturated rings. The first-order valence-corrected chi connectivity index (χ1v) is 7.19. The Balaban J connectivity index is 4.41. The minimum absolute atomic E-state index is 0.250. The Labute approximate surface area is 130 Å². The second-order valence-corrected chi connectivity index (χ2v) is 5.42. The van der Waals surface area contributed by atoms with Crippen molar-refractivity contribution in [2.75, 3.05) is 32.8 Å². The first-order chi connectivity index (χ1) is 10.3. The number of carbonyl (C=O) groups excluding carboxylic acids is 2. The fourth-order valence-electron chi connectivity index (χ4n) is 1.47. The van der Waals surface area contributed by atoms with Gasteiger partial charge in [0.15, 0.2) is 0 Å². The lowest BCUT2D eigenvalue weighted by Crippen LogP contribution is -2.42. The molecule has 9 nitrogen and oxygen atoms in total. The van der Waals surface area contributed by atoms with Crippen molar-refractivity contribution in [2.24, 2.45) is 5.11 Å². The Hall–Kier alpha value is -2.15. The molecule has 0 aromatic heterocycles. The summed E-state index contributed by atoms with van der Waals surface area (Å²) in [5, 5.41) is 5.96. The summed E-state index contributed by atoms with van der Waals surface area (Å²) >= 11 is 0. The average molecular weight is 315 g/mol. The standard InChI is InChI=1S/C13H25N5O4/c1-5-21-11(19)15-8-10-18(9-6-7-16-17-14)12(20)22-13(2,3)4/h5-10H2,1-4H3,(H,15,19). The number of amides is 2. The topological polar surface area (TPSA) is 117 Å². The van der Waals surface area contributed by atoms with Gasteiger partial charge in [0, 0.05) is 31.1 Å². The number of carbonyl (C=O) groups is 2. The van der Waals surface area contributed by atoms with E-state index in [2.05, 4.69) is 15.3 Å². The van der Waals surface area contributed by atoms with Crippen LogP contribution in [0.5, 0.6) is 0 Å². The van der Waals surface area contributed by atoms with E-state index in [1.165, 1.54) is 4.90 Å². The first-order valence-electron chi connectivity index (χ1n) is 7.19. The maximum atomic E-state index is 12.1. The van der Waals surface area contributed by atoms with Gasteiger partial charge in [-0.2, -0.15) is 0 Å². The number of azide groups is 1. The van der Waals surface area contributed by atoms with Gasteiger partial charge in [-0.15, -0.1) is 0 Å². The Morgan fingerprint density at radius 1 is 1.32 bits per heavy atom. The third-order valence-corrected chi connectivity index (χ3v) is 2.33. The molecule has 0 radical (unpaired) electrons. The number of nitrogens with zero attached hydrogens (tertiary/aromatic N) is 4. The molecular formula is C13H25N5O4. The van der Waals surface area contributed by atoms with Crippen molar-refractivity contribution in [1.82, 2.24) is 10.2 Å². The summed E-state index contributed by atoms with van der Waals surface area (Å²) in [5.41, 5.74) is 7.64. The van der Waals surface area contributed by atoms with Crippen LogP contribution in [0, 0.1) is 0 Å². The van der Waals surface area contributed by atoms with Gasteiger partial charge in [0.1, 0.15) is 5.60 Å². The summed E-state index contributed by atoms with van der Waals surface area (Å²) in [7, 11) is 0. The highest BCUT2D eigenvalue weighted by atomic mass is 16.6. The summed E-state index contributed by atoms with van der Waals surface area (Å²) in [4.78, 5) is 27.4. The maximum absolute atomic E-state index is 12.1. The van der Waals surface area contributed by atoms with E-state index in [1.807, 2.05) is 0 Å². The van der Waals surface area contributed by atoms with Gasteiger partial charge in [0.25, 0.3) is 0 Å². The van der Waals surface area contributed by atoms with E-state index < -0.39 is 17.8 Å². The van der Waals surface area contributed by atoms with Crippen LogP contribution in [0.3, 0.4) is 0 Å². The monoisotopic (exact) mass is 315 g/mol. The number of rotatable bonds is 8. The summed E-state index contributed by atoms with van der Waals surface area (Å²) in [5.74, 6) is 0. The maximum Gasteiger partial charge on any atom is 0.410 e. The predicted molar refractivity (Wildman–Crippen MR) is 81.5 cm³/mol.